The summed E-state index contributed by atoms with van der Waals surface area (Å²) in [5.74, 6) is 1.69. The van der Waals surface area contributed by atoms with Gasteiger partial charge >= 0.3 is 0 Å². The fourth-order valence-corrected chi connectivity index (χ4v) is 2.60. The first-order chi connectivity index (χ1) is 8.34. The Morgan fingerprint density at radius 2 is 1.88 bits per heavy atom. The Labute approximate surface area is 101 Å². The van der Waals surface area contributed by atoms with E-state index in [-0.39, 0.29) is 5.54 Å². The quantitative estimate of drug-likeness (QED) is 0.846. The molecule has 2 heterocycles. The predicted molar refractivity (Wildman–Crippen MR) is 63.4 cm³/mol. The lowest BCUT2D eigenvalue weighted by Crippen LogP contribution is -2.44. The highest BCUT2D eigenvalue weighted by atomic mass is 16.7. The van der Waals surface area contributed by atoms with Gasteiger partial charge in [-0.25, -0.2) is 0 Å². The molecule has 2 aliphatic rings. The SMILES string of the molecule is CNC1(c2ccc3c(c2)OCO3)CCOCC1. The van der Waals surface area contributed by atoms with Crippen LogP contribution in [0, 0.1) is 0 Å². The zero-order valence-electron chi connectivity index (χ0n) is 9.99. The second-order valence-corrected chi connectivity index (χ2v) is 4.51. The predicted octanol–water partition coefficient (Wildman–Crippen LogP) is 1.64. The van der Waals surface area contributed by atoms with E-state index in [4.69, 9.17) is 14.2 Å². The number of ether oxygens (including phenoxy) is 3. The fraction of sp³-hybridized carbons (Fsp3) is 0.538. The maximum Gasteiger partial charge on any atom is 0.231 e. The molecule has 4 nitrogen and oxygen atoms in total. The van der Waals surface area contributed by atoms with Gasteiger partial charge in [-0.05, 0) is 37.6 Å². The van der Waals surface area contributed by atoms with Gasteiger partial charge in [0.1, 0.15) is 0 Å². The van der Waals surface area contributed by atoms with Crippen molar-refractivity contribution in [2.24, 2.45) is 0 Å². The molecule has 2 aliphatic heterocycles. The average Bonchev–Trinajstić information content (AvgIpc) is 2.86. The van der Waals surface area contributed by atoms with Crippen molar-refractivity contribution in [3.8, 4) is 11.5 Å². The highest BCUT2D eigenvalue weighted by Gasteiger charge is 2.33. The van der Waals surface area contributed by atoms with Crippen LogP contribution in [-0.4, -0.2) is 27.1 Å². The zero-order chi connectivity index (χ0) is 11.7. The Morgan fingerprint density at radius 1 is 1.12 bits per heavy atom. The second kappa shape index (κ2) is 4.20. The first-order valence-electron chi connectivity index (χ1n) is 6.01. The third kappa shape index (κ3) is 1.77. The molecule has 0 aliphatic carbocycles. The lowest BCUT2D eigenvalue weighted by atomic mass is 9.83. The van der Waals surface area contributed by atoms with Gasteiger partial charge in [0, 0.05) is 18.8 Å². The molecular formula is C13H17NO3. The molecule has 1 N–H and O–H groups in total. The molecule has 17 heavy (non-hydrogen) atoms. The van der Waals surface area contributed by atoms with Crippen LogP contribution in [0.15, 0.2) is 18.2 Å². The normalized spacial score (nSPS) is 21.5. The standard InChI is InChI=1S/C13H17NO3/c1-14-13(4-6-15-7-5-13)10-2-3-11-12(8-10)17-9-16-11/h2-3,8,14H,4-7,9H2,1H3. The van der Waals surface area contributed by atoms with Crippen molar-refractivity contribution in [3.63, 3.8) is 0 Å². The Hall–Kier alpha value is -1.26. The van der Waals surface area contributed by atoms with Crippen molar-refractivity contribution in [2.45, 2.75) is 18.4 Å². The van der Waals surface area contributed by atoms with Crippen molar-refractivity contribution in [2.75, 3.05) is 27.1 Å². The van der Waals surface area contributed by atoms with Gasteiger partial charge in [-0.1, -0.05) is 6.07 Å². The molecule has 4 heteroatoms. The molecule has 0 aromatic heterocycles. The van der Waals surface area contributed by atoms with Gasteiger partial charge in [0.15, 0.2) is 11.5 Å². The molecule has 3 rings (SSSR count). The van der Waals surface area contributed by atoms with E-state index in [2.05, 4.69) is 17.4 Å². The van der Waals surface area contributed by atoms with Crippen LogP contribution >= 0.6 is 0 Å². The Bertz CT molecular complexity index is 413. The molecule has 0 radical (unpaired) electrons. The Balaban J connectivity index is 1.96. The molecule has 0 spiro atoms. The molecule has 0 bridgehead atoms. The van der Waals surface area contributed by atoms with E-state index in [0.717, 1.165) is 37.6 Å². The van der Waals surface area contributed by atoms with Gasteiger partial charge < -0.3 is 19.5 Å². The largest absolute Gasteiger partial charge is 0.454 e. The summed E-state index contributed by atoms with van der Waals surface area (Å²) in [4.78, 5) is 0. The van der Waals surface area contributed by atoms with E-state index in [1.165, 1.54) is 5.56 Å². The molecule has 0 amide bonds. The van der Waals surface area contributed by atoms with Gasteiger partial charge in [0.2, 0.25) is 6.79 Å². The number of benzene rings is 1. The number of fused-ring (bicyclic) bond motifs is 1. The third-order valence-corrected chi connectivity index (χ3v) is 3.75. The van der Waals surface area contributed by atoms with E-state index in [1.807, 2.05) is 13.1 Å². The fourth-order valence-electron chi connectivity index (χ4n) is 2.60. The number of nitrogens with one attached hydrogen (secondary N) is 1. The average molecular weight is 235 g/mol. The smallest absolute Gasteiger partial charge is 0.231 e. The summed E-state index contributed by atoms with van der Waals surface area (Å²) in [5.41, 5.74) is 1.27. The van der Waals surface area contributed by atoms with Gasteiger partial charge in [0.05, 0.1) is 0 Å². The van der Waals surface area contributed by atoms with Crippen LogP contribution in [0.5, 0.6) is 11.5 Å². The summed E-state index contributed by atoms with van der Waals surface area (Å²) < 4.78 is 16.2. The first kappa shape index (κ1) is 10.9. The molecule has 92 valence electrons. The number of rotatable bonds is 2. The summed E-state index contributed by atoms with van der Waals surface area (Å²) in [7, 11) is 2.01. The third-order valence-electron chi connectivity index (χ3n) is 3.75. The highest BCUT2D eigenvalue weighted by molar-refractivity contribution is 5.46. The molecule has 1 aromatic rings. The van der Waals surface area contributed by atoms with Gasteiger partial charge in [-0.15, -0.1) is 0 Å². The molecule has 0 unspecified atom stereocenters. The van der Waals surface area contributed by atoms with Crippen molar-refractivity contribution in [1.82, 2.24) is 5.32 Å². The van der Waals surface area contributed by atoms with E-state index < -0.39 is 0 Å². The van der Waals surface area contributed by atoms with Crippen LogP contribution < -0.4 is 14.8 Å². The Morgan fingerprint density at radius 3 is 2.65 bits per heavy atom. The molecule has 1 aromatic carbocycles. The maximum atomic E-state index is 5.44. The summed E-state index contributed by atoms with van der Waals surface area (Å²) in [6, 6.07) is 6.20. The van der Waals surface area contributed by atoms with Crippen LogP contribution in [0.25, 0.3) is 0 Å². The Kier molecular flexibility index (Phi) is 2.68. The van der Waals surface area contributed by atoms with Crippen LogP contribution in [0.4, 0.5) is 0 Å². The maximum absolute atomic E-state index is 5.44. The van der Waals surface area contributed by atoms with E-state index in [0.29, 0.717) is 6.79 Å². The molecule has 1 saturated heterocycles. The van der Waals surface area contributed by atoms with Crippen LogP contribution in [0.2, 0.25) is 0 Å². The van der Waals surface area contributed by atoms with Crippen LogP contribution in [-0.2, 0) is 10.3 Å². The van der Waals surface area contributed by atoms with E-state index in [9.17, 15) is 0 Å². The minimum Gasteiger partial charge on any atom is -0.454 e. The topological polar surface area (TPSA) is 39.7 Å². The lowest BCUT2D eigenvalue weighted by molar-refractivity contribution is 0.0398. The summed E-state index contributed by atoms with van der Waals surface area (Å²) in [5, 5.41) is 3.45. The minimum absolute atomic E-state index is 0.0131. The van der Waals surface area contributed by atoms with Crippen LogP contribution in [0.3, 0.4) is 0 Å². The monoisotopic (exact) mass is 235 g/mol. The highest BCUT2D eigenvalue weighted by Crippen LogP contribution is 2.39. The minimum atomic E-state index is 0.0131. The lowest BCUT2D eigenvalue weighted by Gasteiger charge is -2.37. The van der Waals surface area contributed by atoms with Gasteiger partial charge in [-0.2, -0.15) is 0 Å². The van der Waals surface area contributed by atoms with E-state index >= 15 is 0 Å². The molecule has 1 fully saturated rings. The molecule has 0 atom stereocenters. The summed E-state index contributed by atoms with van der Waals surface area (Å²) in [6.45, 7) is 1.93. The number of hydrogen-bond donors (Lipinski definition) is 1. The molecular weight excluding hydrogens is 218 g/mol. The first-order valence-corrected chi connectivity index (χ1v) is 6.01. The number of hydrogen-bond acceptors (Lipinski definition) is 4. The van der Waals surface area contributed by atoms with Gasteiger partial charge in [-0.3, -0.25) is 0 Å². The zero-order valence-corrected chi connectivity index (χ0v) is 9.99. The molecule has 0 saturated carbocycles. The van der Waals surface area contributed by atoms with Crippen molar-refractivity contribution < 1.29 is 14.2 Å². The van der Waals surface area contributed by atoms with Crippen molar-refractivity contribution in [1.29, 1.82) is 0 Å². The summed E-state index contributed by atoms with van der Waals surface area (Å²) in [6.07, 6.45) is 1.98. The van der Waals surface area contributed by atoms with Crippen molar-refractivity contribution in [3.05, 3.63) is 23.8 Å². The van der Waals surface area contributed by atoms with E-state index in [1.54, 1.807) is 0 Å². The van der Waals surface area contributed by atoms with Crippen molar-refractivity contribution >= 4 is 0 Å². The second-order valence-electron chi connectivity index (χ2n) is 4.51. The van der Waals surface area contributed by atoms with Gasteiger partial charge in [0.25, 0.3) is 0 Å². The van der Waals surface area contributed by atoms with Crippen LogP contribution in [0.1, 0.15) is 18.4 Å². The summed E-state index contributed by atoms with van der Waals surface area (Å²) >= 11 is 0.